The van der Waals surface area contributed by atoms with Crippen molar-refractivity contribution >= 4 is 11.9 Å². The Morgan fingerprint density at radius 2 is 1.93 bits per heavy atom. The van der Waals surface area contributed by atoms with Crippen molar-refractivity contribution in [2.75, 3.05) is 13.2 Å². The molecule has 0 radical (unpaired) electrons. The number of ether oxygens (including phenoxy) is 1. The summed E-state index contributed by atoms with van der Waals surface area (Å²) in [4.78, 5) is 24.5. The highest BCUT2D eigenvalue weighted by Crippen LogP contribution is 2.24. The highest BCUT2D eigenvalue weighted by molar-refractivity contribution is 5.97. The minimum Gasteiger partial charge on any atom is -0.479 e. The average Bonchev–Trinajstić information content (AvgIpc) is 3.04. The first kappa shape index (κ1) is 19.1. The fourth-order valence-electron chi connectivity index (χ4n) is 3.38. The van der Waals surface area contributed by atoms with Crippen molar-refractivity contribution < 1.29 is 19.4 Å². The van der Waals surface area contributed by atoms with Gasteiger partial charge in [-0.2, -0.15) is 5.10 Å². The second-order valence-corrected chi connectivity index (χ2v) is 7.02. The van der Waals surface area contributed by atoms with Crippen molar-refractivity contribution in [3.05, 3.63) is 52.3 Å². The van der Waals surface area contributed by atoms with E-state index in [-0.39, 0.29) is 6.04 Å². The standard InChI is InChI=1S/C20H25N3O4/c1-12-4-5-15(10-13(12)2)18(20(25)26)22-19(24)17-11-21-23(14(17)3)16-6-8-27-9-7-16/h4-5,10-11,16,18H,6-9H2,1-3H3,(H,22,24)(H,25,26). The van der Waals surface area contributed by atoms with Crippen LogP contribution in [0.4, 0.5) is 0 Å². The fraction of sp³-hybridized carbons (Fsp3) is 0.450. The predicted molar refractivity (Wildman–Crippen MR) is 99.8 cm³/mol. The van der Waals surface area contributed by atoms with Gasteiger partial charge in [0.2, 0.25) is 0 Å². The lowest BCUT2D eigenvalue weighted by molar-refractivity contribution is -0.139. The summed E-state index contributed by atoms with van der Waals surface area (Å²) in [5.41, 5.74) is 3.74. The number of benzene rings is 1. The quantitative estimate of drug-likeness (QED) is 0.843. The van der Waals surface area contributed by atoms with Gasteiger partial charge in [-0.1, -0.05) is 18.2 Å². The maximum absolute atomic E-state index is 12.7. The number of aromatic nitrogens is 2. The number of carboxylic acids is 1. The van der Waals surface area contributed by atoms with E-state index in [1.54, 1.807) is 12.1 Å². The third kappa shape index (κ3) is 4.03. The Balaban J connectivity index is 1.81. The summed E-state index contributed by atoms with van der Waals surface area (Å²) in [7, 11) is 0. The summed E-state index contributed by atoms with van der Waals surface area (Å²) in [6.07, 6.45) is 3.22. The van der Waals surface area contributed by atoms with Crippen LogP contribution in [0.15, 0.2) is 24.4 Å². The molecule has 0 bridgehead atoms. The molecule has 7 heteroatoms. The summed E-state index contributed by atoms with van der Waals surface area (Å²) in [5.74, 6) is -1.53. The molecule has 1 aromatic heterocycles. The van der Waals surface area contributed by atoms with Crippen LogP contribution in [0.2, 0.25) is 0 Å². The fourth-order valence-corrected chi connectivity index (χ4v) is 3.38. The molecule has 7 nitrogen and oxygen atoms in total. The van der Waals surface area contributed by atoms with Crippen molar-refractivity contribution in [3.8, 4) is 0 Å². The molecule has 1 aromatic carbocycles. The third-order valence-electron chi connectivity index (χ3n) is 5.21. The SMILES string of the molecule is Cc1ccc(C(NC(=O)c2cnn(C3CCOCC3)c2C)C(=O)O)cc1C. The van der Waals surface area contributed by atoms with Gasteiger partial charge in [-0.15, -0.1) is 0 Å². The van der Waals surface area contributed by atoms with Crippen molar-refractivity contribution in [3.63, 3.8) is 0 Å². The third-order valence-corrected chi connectivity index (χ3v) is 5.21. The van der Waals surface area contributed by atoms with Crippen LogP contribution in [0.3, 0.4) is 0 Å². The molecule has 27 heavy (non-hydrogen) atoms. The molecule has 3 rings (SSSR count). The molecule has 1 amide bonds. The van der Waals surface area contributed by atoms with E-state index in [4.69, 9.17) is 4.74 Å². The number of nitrogens with zero attached hydrogens (tertiary/aromatic N) is 2. The molecular weight excluding hydrogens is 346 g/mol. The van der Waals surface area contributed by atoms with Gasteiger partial charge < -0.3 is 15.2 Å². The number of carboxylic acid groups (broad SMARTS) is 1. The van der Waals surface area contributed by atoms with Crippen molar-refractivity contribution in [1.82, 2.24) is 15.1 Å². The Hall–Kier alpha value is -2.67. The van der Waals surface area contributed by atoms with E-state index in [1.807, 2.05) is 31.5 Å². The summed E-state index contributed by atoms with van der Waals surface area (Å²) in [5, 5.41) is 16.6. The Morgan fingerprint density at radius 1 is 1.22 bits per heavy atom. The number of hydrogen-bond acceptors (Lipinski definition) is 4. The van der Waals surface area contributed by atoms with Crippen LogP contribution >= 0.6 is 0 Å². The van der Waals surface area contributed by atoms with Gasteiger partial charge >= 0.3 is 5.97 Å². The Kier molecular flexibility index (Phi) is 5.60. The summed E-state index contributed by atoms with van der Waals surface area (Å²) in [6, 6.07) is 4.49. The first-order valence-corrected chi connectivity index (χ1v) is 9.11. The van der Waals surface area contributed by atoms with Crippen molar-refractivity contribution in [2.45, 2.75) is 45.7 Å². The lowest BCUT2D eigenvalue weighted by Crippen LogP contribution is -2.34. The number of nitrogens with one attached hydrogen (secondary N) is 1. The van der Waals surface area contributed by atoms with Gasteiger partial charge in [-0.25, -0.2) is 4.79 Å². The molecule has 0 aliphatic carbocycles. The molecule has 1 atom stereocenters. The van der Waals surface area contributed by atoms with E-state index in [1.165, 1.54) is 6.20 Å². The zero-order chi connectivity index (χ0) is 19.6. The van der Waals surface area contributed by atoms with E-state index in [2.05, 4.69) is 10.4 Å². The van der Waals surface area contributed by atoms with Crippen LogP contribution in [0.25, 0.3) is 0 Å². The summed E-state index contributed by atoms with van der Waals surface area (Å²) >= 11 is 0. The smallest absolute Gasteiger partial charge is 0.330 e. The van der Waals surface area contributed by atoms with Crippen molar-refractivity contribution in [2.24, 2.45) is 0 Å². The molecule has 1 fully saturated rings. The number of hydrogen-bond donors (Lipinski definition) is 2. The number of aliphatic carboxylic acids is 1. The normalized spacial score (nSPS) is 16.1. The minimum atomic E-state index is -1.11. The molecule has 1 unspecified atom stereocenters. The average molecular weight is 371 g/mol. The van der Waals surface area contributed by atoms with Crippen LogP contribution in [-0.4, -0.2) is 40.0 Å². The van der Waals surface area contributed by atoms with Crippen LogP contribution < -0.4 is 5.32 Å². The van der Waals surface area contributed by atoms with Crippen LogP contribution in [-0.2, 0) is 9.53 Å². The predicted octanol–water partition coefficient (Wildman–Crippen LogP) is 2.72. The van der Waals surface area contributed by atoms with E-state index in [0.29, 0.717) is 24.3 Å². The number of aryl methyl sites for hydroxylation is 2. The van der Waals surface area contributed by atoms with E-state index in [9.17, 15) is 14.7 Å². The molecular formula is C20H25N3O4. The number of rotatable bonds is 5. The van der Waals surface area contributed by atoms with E-state index in [0.717, 1.165) is 29.7 Å². The van der Waals surface area contributed by atoms with Gasteiger partial charge in [0.15, 0.2) is 6.04 Å². The van der Waals surface area contributed by atoms with Gasteiger partial charge in [0.05, 0.1) is 17.8 Å². The van der Waals surface area contributed by atoms with E-state index >= 15 is 0 Å². The van der Waals surface area contributed by atoms with E-state index < -0.39 is 17.9 Å². The molecule has 0 spiro atoms. The van der Waals surface area contributed by atoms with Gasteiger partial charge in [-0.3, -0.25) is 9.48 Å². The zero-order valence-electron chi connectivity index (χ0n) is 15.9. The molecule has 1 saturated heterocycles. The molecule has 1 aliphatic heterocycles. The largest absolute Gasteiger partial charge is 0.479 e. The highest BCUT2D eigenvalue weighted by Gasteiger charge is 2.26. The lowest BCUT2D eigenvalue weighted by atomic mass is 10.0. The summed E-state index contributed by atoms with van der Waals surface area (Å²) in [6.45, 7) is 7.07. The first-order valence-electron chi connectivity index (χ1n) is 9.11. The first-order chi connectivity index (χ1) is 12.9. The maximum Gasteiger partial charge on any atom is 0.330 e. The molecule has 1 aliphatic rings. The molecule has 0 saturated carbocycles. The zero-order valence-corrected chi connectivity index (χ0v) is 15.9. The Labute approximate surface area is 158 Å². The molecule has 144 valence electrons. The van der Waals surface area contributed by atoms with Gasteiger partial charge in [0.1, 0.15) is 0 Å². The Bertz CT molecular complexity index is 853. The van der Waals surface area contributed by atoms with Gasteiger partial charge in [0.25, 0.3) is 5.91 Å². The highest BCUT2D eigenvalue weighted by atomic mass is 16.5. The van der Waals surface area contributed by atoms with Crippen molar-refractivity contribution in [1.29, 1.82) is 0 Å². The number of amides is 1. The summed E-state index contributed by atoms with van der Waals surface area (Å²) < 4.78 is 7.23. The number of carbonyl (C=O) groups excluding carboxylic acids is 1. The second-order valence-electron chi connectivity index (χ2n) is 7.02. The molecule has 2 heterocycles. The van der Waals surface area contributed by atoms with Crippen LogP contribution in [0.5, 0.6) is 0 Å². The van der Waals surface area contributed by atoms with Crippen LogP contribution in [0, 0.1) is 20.8 Å². The minimum absolute atomic E-state index is 0.204. The second kappa shape index (κ2) is 7.92. The monoisotopic (exact) mass is 371 g/mol. The number of carbonyl (C=O) groups is 2. The van der Waals surface area contributed by atoms with Gasteiger partial charge in [0, 0.05) is 18.9 Å². The maximum atomic E-state index is 12.7. The van der Waals surface area contributed by atoms with Gasteiger partial charge in [-0.05, 0) is 50.3 Å². The van der Waals surface area contributed by atoms with Crippen LogP contribution in [0.1, 0.15) is 57.7 Å². The topological polar surface area (TPSA) is 93.5 Å². The molecule has 2 aromatic rings. The Morgan fingerprint density at radius 3 is 2.56 bits per heavy atom. The lowest BCUT2D eigenvalue weighted by Gasteiger charge is -2.23. The molecule has 2 N–H and O–H groups in total.